The van der Waals surface area contributed by atoms with Crippen molar-refractivity contribution in [1.82, 2.24) is 4.90 Å². The lowest BCUT2D eigenvalue weighted by atomic mass is 9.74. The van der Waals surface area contributed by atoms with Gasteiger partial charge in [-0.1, -0.05) is 34.1 Å². The van der Waals surface area contributed by atoms with Gasteiger partial charge in [-0.2, -0.15) is 5.26 Å². The minimum absolute atomic E-state index is 0.308. The highest BCUT2D eigenvalue weighted by atomic mass is 16.6. The average Bonchev–Trinajstić information content (AvgIpc) is 2.33. The Morgan fingerprint density at radius 2 is 1.90 bits per heavy atom. The summed E-state index contributed by atoms with van der Waals surface area (Å²) in [6.07, 6.45) is 1.62. The predicted molar refractivity (Wildman–Crippen MR) is 81.3 cm³/mol. The Balaban J connectivity index is 0.00000172. The molecule has 0 aromatic heterocycles. The molecule has 116 valence electrons. The Kier molecular flexibility index (Phi) is 7.05. The molecule has 1 aliphatic heterocycles. The van der Waals surface area contributed by atoms with E-state index >= 15 is 0 Å². The standard InChI is InChI=1S/C14H24N2O2.C2H6/c1-6-11(2)7-14(8-15)9-16(10-14)12(17)18-13(3,4)5;1-2/h11H,6-7,9-10H2,1-5H3;1-2H3. The smallest absolute Gasteiger partial charge is 0.410 e. The number of carbonyl (C=O) groups is 1. The molecule has 0 aromatic carbocycles. The maximum atomic E-state index is 11.8. The highest BCUT2D eigenvalue weighted by molar-refractivity contribution is 5.69. The molecule has 0 radical (unpaired) electrons. The molecular formula is C16H30N2O2. The molecule has 1 heterocycles. The second-order valence-electron chi connectivity index (χ2n) is 6.45. The number of carbonyl (C=O) groups excluding carboxylic acids is 1. The molecule has 4 heteroatoms. The summed E-state index contributed by atoms with van der Waals surface area (Å²) in [4.78, 5) is 13.4. The number of ether oxygens (including phenoxy) is 1. The van der Waals surface area contributed by atoms with E-state index in [4.69, 9.17) is 4.74 Å². The lowest BCUT2D eigenvalue weighted by Crippen LogP contribution is -2.59. The molecule has 1 atom stereocenters. The third kappa shape index (κ3) is 5.40. The summed E-state index contributed by atoms with van der Waals surface area (Å²) >= 11 is 0. The summed E-state index contributed by atoms with van der Waals surface area (Å²) in [5, 5.41) is 9.28. The fourth-order valence-corrected chi connectivity index (χ4v) is 2.20. The molecule has 0 saturated carbocycles. The van der Waals surface area contributed by atoms with Crippen LogP contribution in [0.3, 0.4) is 0 Å². The van der Waals surface area contributed by atoms with Crippen LogP contribution < -0.4 is 0 Å². The summed E-state index contributed by atoms with van der Waals surface area (Å²) in [5.74, 6) is 0.519. The van der Waals surface area contributed by atoms with Gasteiger partial charge in [0.1, 0.15) is 5.60 Å². The minimum atomic E-state index is -0.474. The Morgan fingerprint density at radius 1 is 1.40 bits per heavy atom. The van der Waals surface area contributed by atoms with Gasteiger partial charge in [-0.25, -0.2) is 4.79 Å². The van der Waals surface area contributed by atoms with Crippen molar-refractivity contribution in [3.8, 4) is 6.07 Å². The van der Waals surface area contributed by atoms with Gasteiger partial charge in [0.25, 0.3) is 0 Å². The van der Waals surface area contributed by atoms with Crippen LogP contribution >= 0.6 is 0 Å². The van der Waals surface area contributed by atoms with E-state index in [1.807, 2.05) is 34.6 Å². The van der Waals surface area contributed by atoms with Crippen molar-refractivity contribution in [3.63, 3.8) is 0 Å². The van der Waals surface area contributed by atoms with Crippen molar-refractivity contribution in [3.05, 3.63) is 0 Å². The van der Waals surface area contributed by atoms with Crippen molar-refractivity contribution in [1.29, 1.82) is 5.26 Å². The zero-order valence-electron chi connectivity index (χ0n) is 14.1. The first-order chi connectivity index (χ1) is 9.21. The van der Waals surface area contributed by atoms with Crippen LogP contribution in [0.15, 0.2) is 0 Å². The lowest BCUT2D eigenvalue weighted by molar-refractivity contribution is -0.0220. The van der Waals surface area contributed by atoms with Crippen molar-refractivity contribution in [2.45, 2.75) is 66.9 Å². The van der Waals surface area contributed by atoms with E-state index in [1.165, 1.54) is 0 Å². The van der Waals surface area contributed by atoms with Gasteiger partial charge in [-0.05, 0) is 33.1 Å². The molecule has 0 spiro atoms. The number of likely N-dealkylation sites (tertiary alicyclic amines) is 1. The number of rotatable bonds is 3. The maximum absolute atomic E-state index is 11.8. The van der Waals surface area contributed by atoms with Crippen LogP contribution in [0.2, 0.25) is 0 Å². The second-order valence-corrected chi connectivity index (χ2v) is 6.45. The van der Waals surface area contributed by atoms with Crippen LogP contribution in [0.5, 0.6) is 0 Å². The van der Waals surface area contributed by atoms with Crippen LogP contribution in [0, 0.1) is 22.7 Å². The van der Waals surface area contributed by atoms with Crippen LogP contribution in [-0.4, -0.2) is 29.7 Å². The summed E-state index contributed by atoms with van der Waals surface area (Å²) in [7, 11) is 0. The maximum Gasteiger partial charge on any atom is 0.410 e. The summed E-state index contributed by atoms with van der Waals surface area (Å²) in [5.41, 5.74) is -0.828. The number of amides is 1. The highest BCUT2D eigenvalue weighted by Crippen LogP contribution is 2.37. The molecule has 0 aliphatic carbocycles. The van der Waals surface area contributed by atoms with Crippen LogP contribution in [0.25, 0.3) is 0 Å². The highest BCUT2D eigenvalue weighted by Gasteiger charge is 2.47. The van der Waals surface area contributed by atoms with Crippen LogP contribution in [0.4, 0.5) is 4.79 Å². The molecular weight excluding hydrogens is 252 g/mol. The SMILES string of the molecule is CC.CCC(C)CC1(C#N)CN(C(=O)OC(C)(C)C)C1. The first-order valence-electron chi connectivity index (χ1n) is 7.60. The van der Waals surface area contributed by atoms with Crippen molar-refractivity contribution in [2.24, 2.45) is 11.3 Å². The zero-order valence-corrected chi connectivity index (χ0v) is 14.1. The topological polar surface area (TPSA) is 53.3 Å². The van der Waals surface area contributed by atoms with Gasteiger partial charge in [-0.3, -0.25) is 0 Å². The molecule has 1 fully saturated rings. The Morgan fingerprint density at radius 3 is 2.25 bits per heavy atom. The molecule has 1 aliphatic rings. The lowest BCUT2D eigenvalue weighted by Gasteiger charge is -2.46. The molecule has 20 heavy (non-hydrogen) atoms. The third-order valence-corrected chi connectivity index (χ3v) is 3.31. The molecule has 1 unspecified atom stereocenters. The van der Waals surface area contributed by atoms with Gasteiger partial charge < -0.3 is 9.64 Å². The van der Waals surface area contributed by atoms with E-state index in [0.29, 0.717) is 19.0 Å². The molecule has 0 bridgehead atoms. The Bertz CT molecular complexity index is 346. The number of hydrogen-bond donors (Lipinski definition) is 0. The van der Waals surface area contributed by atoms with E-state index in [9.17, 15) is 10.1 Å². The van der Waals surface area contributed by atoms with Crippen molar-refractivity contribution >= 4 is 6.09 Å². The molecule has 0 N–H and O–H groups in total. The molecule has 4 nitrogen and oxygen atoms in total. The minimum Gasteiger partial charge on any atom is -0.444 e. The normalized spacial score (nSPS) is 18.0. The van der Waals surface area contributed by atoms with E-state index in [2.05, 4.69) is 19.9 Å². The van der Waals surface area contributed by atoms with E-state index < -0.39 is 5.60 Å². The number of nitriles is 1. The van der Waals surface area contributed by atoms with E-state index in [0.717, 1.165) is 12.8 Å². The first-order valence-corrected chi connectivity index (χ1v) is 7.60. The van der Waals surface area contributed by atoms with E-state index in [-0.39, 0.29) is 11.5 Å². The molecule has 1 amide bonds. The quantitative estimate of drug-likeness (QED) is 0.779. The van der Waals surface area contributed by atoms with Gasteiger partial charge in [0, 0.05) is 13.1 Å². The van der Waals surface area contributed by atoms with Gasteiger partial charge in [0.15, 0.2) is 0 Å². The fraction of sp³-hybridized carbons (Fsp3) is 0.875. The van der Waals surface area contributed by atoms with Gasteiger partial charge in [0.2, 0.25) is 0 Å². The average molecular weight is 282 g/mol. The largest absolute Gasteiger partial charge is 0.444 e. The Hall–Kier alpha value is -1.24. The molecule has 0 aromatic rings. The molecule has 1 saturated heterocycles. The summed E-state index contributed by atoms with van der Waals surface area (Å²) in [6.45, 7) is 14.8. The second kappa shape index (κ2) is 7.52. The Labute approximate surface area is 124 Å². The van der Waals surface area contributed by atoms with Crippen molar-refractivity contribution in [2.75, 3.05) is 13.1 Å². The van der Waals surface area contributed by atoms with Gasteiger partial charge in [0.05, 0.1) is 11.5 Å². The van der Waals surface area contributed by atoms with Gasteiger partial charge >= 0.3 is 6.09 Å². The third-order valence-electron chi connectivity index (χ3n) is 3.31. The number of hydrogen-bond acceptors (Lipinski definition) is 3. The van der Waals surface area contributed by atoms with Crippen LogP contribution in [0.1, 0.15) is 61.3 Å². The predicted octanol–water partition coefficient (Wildman–Crippen LogP) is 4.21. The van der Waals surface area contributed by atoms with Gasteiger partial charge in [-0.15, -0.1) is 0 Å². The summed E-state index contributed by atoms with van der Waals surface area (Å²) < 4.78 is 5.29. The first kappa shape index (κ1) is 18.8. The monoisotopic (exact) mass is 282 g/mol. The van der Waals surface area contributed by atoms with E-state index in [1.54, 1.807) is 4.90 Å². The van der Waals surface area contributed by atoms with Crippen molar-refractivity contribution < 1.29 is 9.53 Å². The summed E-state index contributed by atoms with van der Waals surface area (Å²) in [6, 6.07) is 2.38. The number of nitrogens with zero attached hydrogens (tertiary/aromatic N) is 2. The fourth-order valence-electron chi connectivity index (χ4n) is 2.20. The molecule has 1 rings (SSSR count). The van der Waals surface area contributed by atoms with Crippen LogP contribution in [-0.2, 0) is 4.74 Å². The zero-order chi connectivity index (χ0) is 16.0.